The van der Waals surface area contributed by atoms with E-state index in [1.54, 1.807) is 12.1 Å². The average molecular weight is 323 g/mol. The van der Waals surface area contributed by atoms with Crippen molar-refractivity contribution in [1.29, 1.82) is 5.26 Å². The summed E-state index contributed by atoms with van der Waals surface area (Å²) in [4.78, 5) is 0.0449. The molecule has 0 aliphatic carbocycles. The molecule has 7 heteroatoms. The van der Waals surface area contributed by atoms with Crippen molar-refractivity contribution in [2.24, 2.45) is 0 Å². The second-order valence-corrected chi connectivity index (χ2v) is 6.21. The van der Waals surface area contributed by atoms with Crippen LogP contribution in [-0.4, -0.2) is 15.5 Å². The number of rotatable bonds is 4. The van der Waals surface area contributed by atoms with E-state index >= 15 is 0 Å². The number of hydrogen-bond donors (Lipinski definition) is 1. The molecule has 108 valence electrons. The molecule has 0 bridgehead atoms. The molecular formula is C14H11ClN2O3S. The van der Waals surface area contributed by atoms with Gasteiger partial charge in [0.2, 0.25) is 0 Å². The molecule has 0 saturated carbocycles. The number of halogens is 1. The molecule has 0 aromatic heterocycles. The highest BCUT2D eigenvalue weighted by Gasteiger charge is 2.16. The van der Waals surface area contributed by atoms with Crippen LogP contribution in [0, 0.1) is 11.3 Å². The first-order valence-corrected chi connectivity index (χ1v) is 7.69. The third-order valence-corrected chi connectivity index (χ3v) is 4.32. The number of anilines is 1. The number of nitriles is 1. The van der Waals surface area contributed by atoms with Crippen LogP contribution in [0.5, 0.6) is 5.75 Å². The van der Waals surface area contributed by atoms with Crippen LogP contribution in [0.15, 0.2) is 47.4 Å². The van der Waals surface area contributed by atoms with Gasteiger partial charge in [0.25, 0.3) is 10.0 Å². The van der Waals surface area contributed by atoms with Gasteiger partial charge in [-0.15, -0.1) is 0 Å². The summed E-state index contributed by atoms with van der Waals surface area (Å²) < 4.78 is 32.1. The second kappa shape index (κ2) is 6.04. The lowest BCUT2D eigenvalue weighted by Crippen LogP contribution is -2.13. The van der Waals surface area contributed by atoms with Gasteiger partial charge in [-0.3, -0.25) is 4.72 Å². The largest absolute Gasteiger partial charge is 0.495 e. The van der Waals surface area contributed by atoms with Gasteiger partial charge in [-0.1, -0.05) is 11.6 Å². The predicted octanol–water partition coefficient (Wildman–Crippen LogP) is 3.02. The van der Waals surface area contributed by atoms with Gasteiger partial charge in [-0.2, -0.15) is 5.26 Å². The summed E-state index contributed by atoms with van der Waals surface area (Å²) in [6.45, 7) is 0. The summed E-state index contributed by atoms with van der Waals surface area (Å²) in [5.41, 5.74) is 0.628. The Morgan fingerprint density at radius 2 is 1.86 bits per heavy atom. The summed E-state index contributed by atoms with van der Waals surface area (Å²) in [6, 6.07) is 12.1. The number of nitrogens with one attached hydrogen (secondary N) is 1. The van der Waals surface area contributed by atoms with Gasteiger partial charge in [-0.05, 0) is 42.5 Å². The Balaban J connectivity index is 2.37. The van der Waals surface area contributed by atoms with E-state index in [4.69, 9.17) is 21.6 Å². The molecule has 0 spiro atoms. The molecule has 5 nitrogen and oxygen atoms in total. The van der Waals surface area contributed by atoms with Gasteiger partial charge >= 0.3 is 0 Å². The van der Waals surface area contributed by atoms with Crippen LogP contribution in [0.25, 0.3) is 0 Å². The van der Waals surface area contributed by atoms with E-state index in [2.05, 4.69) is 4.72 Å². The summed E-state index contributed by atoms with van der Waals surface area (Å²) >= 11 is 5.86. The SMILES string of the molecule is COc1ccc(Cl)cc1NS(=O)(=O)c1ccc(C#N)cc1. The van der Waals surface area contributed by atoms with Crippen LogP contribution in [0.1, 0.15) is 5.56 Å². The zero-order valence-corrected chi connectivity index (χ0v) is 12.6. The number of ether oxygens (including phenoxy) is 1. The van der Waals surface area contributed by atoms with Crippen molar-refractivity contribution in [3.05, 3.63) is 53.1 Å². The fraction of sp³-hybridized carbons (Fsp3) is 0.0714. The van der Waals surface area contributed by atoms with Crippen LogP contribution in [0.4, 0.5) is 5.69 Å². The minimum Gasteiger partial charge on any atom is -0.495 e. The molecule has 2 aromatic rings. The van der Waals surface area contributed by atoms with Gasteiger partial charge in [-0.25, -0.2) is 8.42 Å². The zero-order chi connectivity index (χ0) is 15.5. The first-order chi connectivity index (χ1) is 9.96. The fourth-order valence-electron chi connectivity index (χ4n) is 1.67. The molecule has 0 aliphatic heterocycles. The molecule has 0 radical (unpaired) electrons. The molecular weight excluding hydrogens is 312 g/mol. The molecule has 0 heterocycles. The first kappa shape index (κ1) is 15.2. The minimum absolute atomic E-state index is 0.0449. The summed E-state index contributed by atoms with van der Waals surface area (Å²) in [5.74, 6) is 0.358. The van der Waals surface area contributed by atoms with E-state index in [-0.39, 0.29) is 10.6 Å². The highest BCUT2D eigenvalue weighted by Crippen LogP contribution is 2.29. The number of methoxy groups -OCH3 is 1. The normalized spacial score (nSPS) is 10.7. The third-order valence-electron chi connectivity index (χ3n) is 2.70. The van der Waals surface area contributed by atoms with Gasteiger partial charge < -0.3 is 4.74 Å². The Kier molecular flexibility index (Phi) is 4.36. The first-order valence-electron chi connectivity index (χ1n) is 5.83. The Morgan fingerprint density at radius 3 is 2.43 bits per heavy atom. The highest BCUT2D eigenvalue weighted by atomic mass is 35.5. The van der Waals surface area contributed by atoms with Crippen LogP contribution < -0.4 is 9.46 Å². The molecule has 0 fully saturated rings. The van der Waals surface area contributed by atoms with Crippen molar-refractivity contribution in [3.8, 4) is 11.8 Å². The topological polar surface area (TPSA) is 79.2 Å². The zero-order valence-electron chi connectivity index (χ0n) is 11.0. The summed E-state index contributed by atoms with van der Waals surface area (Å²) in [7, 11) is -2.35. The fourth-order valence-corrected chi connectivity index (χ4v) is 2.91. The van der Waals surface area contributed by atoms with Gasteiger partial charge in [0.1, 0.15) is 5.75 Å². The standard InChI is InChI=1S/C14H11ClN2O3S/c1-20-14-7-4-11(15)8-13(14)17-21(18,19)12-5-2-10(9-16)3-6-12/h2-8,17H,1H3. The lowest BCUT2D eigenvalue weighted by atomic mass is 10.2. The molecule has 0 aliphatic rings. The predicted molar refractivity (Wildman–Crippen MR) is 80.0 cm³/mol. The van der Waals surface area contributed by atoms with E-state index in [0.29, 0.717) is 16.3 Å². The Bertz CT molecular complexity index is 796. The minimum atomic E-state index is -3.79. The van der Waals surface area contributed by atoms with E-state index in [9.17, 15) is 8.42 Å². The van der Waals surface area contributed by atoms with E-state index in [1.807, 2.05) is 6.07 Å². The summed E-state index contributed by atoms with van der Waals surface area (Å²) in [5, 5.41) is 9.10. The molecule has 0 amide bonds. The van der Waals surface area contributed by atoms with Crippen molar-refractivity contribution in [2.75, 3.05) is 11.8 Å². The number of benzene rings is 2. The number of hydrogen-bond acceptors (Lipinski definition) is 4. The van der Waals surface area contributed by atoms with Crippen molar-refractivity contribution in [3.63, 3.8) is 0 Å². The molecule has 0 unspecified atom stereocenters. The molecule has 21 heavy (non-hydrogen) atoms. The Hall–Kier alpha value is -2.23. The van der Waals surface area contributed by atoms with Gasteiger partial charge in [0.15, 0.2) is 0 Å². The lowest BCUT2D eigenvalue weighted by molar-refractivity contribution is 0.417. The maximum Gasteiger partial charge on any atom is 0.262 e. The van der Waals surface area contributed by atoms with E-state index in [0.717, 1.165) is 0 Å². The smallest absolute Gasteiger partial charge is 0.262 e. The maximum absolute atomic E-state index is 12.3. The third kappa shape index (κ3) is 3.45. The van der Waals surface area contributed by atoms with Gasteiger partial charge in [0, 0.05) is 5.02 Å². The monoisotopic (exact) mass is 322 g/mol. The average Bonchev–Trinajstić information content (AvgIpc) is 2.47. The van der Waals surface area contributed by atoms with E-state index in [1.165, 1.54) is 37.4 Å². The lowest BCUT2D eigenvalue weighted by Gasteiger charge is -2.12. The van der Waals surface area contributed by atoms with E-state index < -0.39 is 10.0 Å². The summed E-state index contributed by atoms with van der Waals surface area (Å²) in [6.07, 6.45) is 0. The Labute approximate surface area is 127 Å². The van der Waals surface area contributed by atoms with Crippen molar-refractivity contribution < 1.29 is 13.2 Å². The van der Waals surface area contributed by atoms with Crippen molar-refractivity contribution in [2.45, 2.75) is 4.90 Å². The molecule has 2 rings (SSSR count). The van der Waals surface area contributed by atoms with Crippen LogP contribution in [-0.2, 0) is 10.0 Å². The number of nitrogens with zero attached hydrogens (tertiary/aromatic N) is 1. The highest BCUT2D eigenvalue weighted by molar-refractivity contribution is 7.92. The second-order valence-electron chi connectivity index (χ2n) is 4.09. The van der Waals surface area contributed by atoms with Gasteiger partial charge in [0.05, 0.1) is 29.3 Å². The number of sulfonamides is 1. The van der Waals surface area contributed by atoms with Crippen LogP contribution >= 0.6 is 11.6 Å². The van der Waals surface area contributed by atoms with Crippen LogP contribution in [0.3, 0.4) is 0 Å². The Morgan fingerprint density at radius 1 is 1.19 bits per heavy atom. The molecule has 0 atom stereocenters. The van der Waals surface area contributed by atoms with Crippen LogP contribution in [0.2, 0.25) is 5.02 Å². The maximum atomic E-state index is 12.3. The molecule has 2 aromatic carbocycles. The quantitative estimate of drug-likeness (QED) is 0.938. The van der Waals surface area contributed by atoms with Crippen molar-refractivity contribution in [1.82, 2.24) is 0 Å². The van der Waals surface area contributed by atoms with Crippen molar-refractivity contribution >= 4 is 27.3 Å². The molecule has 1 N–H and O–H groups in total. The molecule has 0 saturated heterocycles.